The molecule has 0 aliphatic carbocycles. The number of hydrogen-bond acceptors (Lipinski definition) is 7. The second-order valence-corrected chi connectivity index (χ2v) is 16.5. The number of fused-ring (bicyclic) bond motifs is 1. The van der Waals surface area contributed by atoms with Crippen LogP contribution in [-0.2, 0) is 25.6 Å². The van der Waals surface area contributed by atoms with Crippen LogP contribution in [0.2, 0.25) is 0 Å². The van der Waals surface area contributed by atoms with Crippen LogP contribution in [0.1, 0.15) is 55.4 Å². The van der Waals surface area contributed by atoms with Gasteiger partial charge in [0.2, 0.25) is 5.91 Å². The van der Waals surface area contributed by atoms with Crippen LogP contribution in [0.25, 0.3) is 10.8 Å². The lowest BCUT2D eigenvalue weighted by molar-refractivity contribution is -0.145. The molecule has 1 amide bonds. The van der Waals surface area contributed by atoms with Crippen LogP contribution in [-0.4, -0.2) is 73.4 Å². The Morgan fingerprint density at radius 1 is 0.782 bits per heavy atom. The van der Waals surface area contributed by atoms with Gasteiger partial charge in [0.15, 0.2) is 0 Å². The van der Waals surface area contributed by atoms with Crippen molar-refractivity contribution in [3.05, 3.63) is 156 Å². The molecule has 290 valence electrons. The summed E-state index contributed by atoms with van der Waals surface area (Å²) in [6, 6.07) is 46.9. The van der Waals surface area contributed by atoms with Gasteiger partial charge < -0.3 is 15.4 Å². The van der Waals surface area contributed by atoms with Crippen molar-refractivity contribution in [3.8, 4) is 0 Å². The van der Waals surface area contributed by atoms with Gasteiger partial charge in [0.1, 0.15) is 6.04 Å². The van der Waals surface area contributed by atoms with Crippen LogP contribution in [0.3, 0.4) is 0 Å². The number of ether oxygens (including phenoxy) is 1. The molecular formula is C47H57N3O3S2. The van der Waals surface area contributed by atoms with E-state index in [1.165, 1.54) is 40.1 Å². The zero-order valence-corrected chi connectivity index (χ0v) is 34.4. The molecule has 0 spiro atoms. The van der Waals surface area contributed by atoms with Crippen LogP contribution in [0.15, 0.2) is 133 Å². The highest BCUT2D eigenvalue weighted by molar-refractivity contribution is 8.00. The van der Waals surface area contributed by atoms with Gasteiger partial charge in [-0.25, -0.2) is 4.79 Å². The summed E-state index contributed by atoms with van der Waals surface area (Å²) < 4.78 is 4.69. The lowest BCUT2D eigenvalue weighted by Crippen LogP contribution is -2.50. The molecule has 0 unspecified atom stereocenters. The normalized spacial score (nSPS) is 13.3. The summed E-state index contributed by atoms with van der Waals surface area (Å²) in [5.74, 6) is 1.51. The molecule has 0 aromatic heterocycles. The number of esters is 1. The molecular weight excluding hydrogens is 719 g/mol. The lowest BCUT2D eigenvalue weighted by atomic mass is 9.84. The summed E-state index contributed by atoms with van der Waals surface area (Å²) >= 11 is 3.64. The fourth-order valence-corrected chi connectivity index (χ4v) is 9.26. The highest BCUT2D eigenvalue weighted by Crippen LogP contribution is 2.48. The Morgan fingerprint density at radius 2 is 1.36 bits per heavy atom. The van der Waals surface area contributed by atoms with E-state index in [1.54, 1.807) is 11.8 Å². The highest BCUT2D eigenvalue weighted by Gasteiger charge is 2.36. The second-order valence-electron chi connectivity index (χ2n) is 14.2. The fraction of sp³-hybridized carbons (Fsp3) is 0.362. The van der Waals surface area contributed by atoms with Crippen LogP contribution >= 0.6 is 23.5 Å². The molecule has 0 fully saturated rings. The monoisotopic (exact) mass is 775 g/mol. The number of methoxy groups -OCH3 is 1. The molecule has 5 rings (SSSR count). The summed E-state index contributed by atoms with van der Waals surface area (Å²) in [5.41, 5.74) is 4.99. The van der Waals surface area contributed by atoms with E-state index in [1.807, 2.05) is 18.0 Å². The minimum Gasteiger partial charge on any atom is -0.467 e. The molecule has 0 bridgehead atoms. The molecule has 2 N–H and O–H groups in total. The lowest BCUT2D eigenvalue weighted by Gasteiger charge is -2.36. The minimum atomic E-state index is -0.667. The Kier molecular flexibility index (Phi) is 16.7. The number of hydrogen-bond donors (Lipinski definition) is 2. The van der Waals surface area contributed by atoms with Crippen molar-refractivity contribution < 1.29 is 14.3 Å². The summed E-state index contributed by atoms with van der Waals surface area (Å²) in [4.78, 5) is 28.5. The number of nitrogens with zero attached hydrogens (tertiary/aromatic N) is 1. The van der Waals surface area contributed by atoms with Crippen molar-refractivity contribution in [1.82, 2.24) is 15.5 Å². The Hall–Kier alpha value is -4.08. The van der Waals surface area contributed by atoms with Crippen molar-refractivity contribution in [1.29, 1.82) is 0 Å². The maximum atomic E-state index is 13.7. The summed E-state index contributed by atoms with van der Waals surface area (Å²) in [6.45, 7) is 6.86. The second kappa shape index (κ2) is 21.9. The zero-order valence-electron chi connectivity index (χ0n) is 32.8. The van der Waals surface area contributed by atoms with E-state index in [0.717, 1.165) is 30.9 Å². The molecule has 0 saturated carbocycles. The van der Waals surface area contributed by atoms with Crippen LogP contribution in [0, 0.1) is 5.92 Å². The highest BCUT2D eigenvalue weighted by atomic mass is 32.2. The maximum Gasteiger partial charge on any atom is 0.328 e. The SMILES string of the molecule is CC[C@H](C)[C@@H](CN(CC(=O)N[C@@H](CCSC)C(=O)OC)Cc1cccc2ccccc12)NCCCSC(c1ccccc1)(c1ccccc1)c1ccccc1. The molecule has 55 heavy (non-hydrogen) atoms. The number of rotatable bonds is 22. The largest absolute Gasteiger partial charge is 0.467 e. The predicted octanol–water partition coefficient (Wildman–Crippen LogP) is 9.17. The summed E-state index contributed by atoms with van der Waals surface area (Å²) in [5, 5.41) is 9.30. The van der Waals surface area contributed by atoms with Crippen LogP contribution < -0.4 is 10.6 Å². The third-order valence-corrected chi connectivity index (χ3v) is 12.7. The molecule has 0 aliphatic heterocycles. The molecule has 5 aromatic carbocycles. The topological polar surface area (TPSA) is 70.7 Å². The molecule has 0 radical (unpaired) electrons. The third-order valence-electron chi connectivity index (χ3n) is 10.4. The average Bonchev–Trinajstić information content (AvgIpc) is 3.23. The molecule has 8 heteroatoms. The van der Waals surface area contributed by atoms with E-state index in [-0.39, 0.29) is 23.2 Å². The van der Waals surface area contributed by atoms with Gasteiger partial charge in [0.05, 0.1) is 18.4 Å². The van der Waals surface area contributed by atoms with Crippen LogP contribution in [0.4, 0.5) is 0 Å². The quantitative estimate of drug-likeness (QED) is 0.0413. The predicted molar refractivity (Wildman–Crippen MR) is 234 cm³/mol. The van der Waals surface area contributed by atoms with E-state index >= 15 is 0 Å². The Balaban J connectivity index is 1.33. The van der Waals surface area contributed by atoms with Gasteiger partial charge in [0.25, 0.3) is 0 Å². The molecule has 0 aliphatic rings. The van der Waals surface area contributed by atoms with Crippen molar-refractivity contribution in [2.75, 3.05) is 44.5 Å². The zero-order chi connectivity index (χ0) is 38.9. The van der Waals surface area contributed by atoms with E-state index in [2.05, 4.69) is 163 Å². The summed E-state index contributed by atoms with van der Waals surface area (Å²) in [7, 11) is 1.37. The van der Waals surface area contributed by atoms with Crippen molar-refractivity contribution in [2.24, 2.45) is 5.92 Å². The fourth-order valence-electron chi connectivity index (χ4n) is 7.29. The standard InChI is InChI=1S/C47H57N3O3S2/c1-5-36(2)44(48-30-18-31-55-47(39-22-9-6-10-23-39,40-24-11-7-12-25-40)41-26-13-8-14-27-41)34-50(33-38-21-17-20-37-19-15-16-28-42(37)38)35-45(51)49-43(29-32-54-4)46(52)53-3/h6-17,19-28,36,43-44,48H,5,18,29-35H2,1-4H3,(H,49,51)/t36-,43-,44+/m0/s1. The number of carbonyl (C=O) groups excluding carboxylic acids is 2. The Labute approximate surface area is 337 Å². The molecule has 6 nitrogen and oxygen atoms in total. The van der Waals surface area contributed by atoms with Gasteiger partial charge in [-0.2, -0.15) is 11.8 Å². The molecule has 5 aromatic rings. The van der Waals surface area contributed by atoms with Crippen LogP contribution in [0.5, 0.6) is 0 Å². The van der Waals surface area contributed by atoms with Crippen molar-refractivity contribution >= 4 is 46.2 Å². The van der Waals surface area contributed by atoms with Crippen molar-refractivity contribution in [2.45, 2.75) is 56.5 Å². The molecule has 0 heterocycles. The average molecular weight is 776 g/mol. The van der Waals surface area contributed by atoms with Gasteiger partial charge >= 0.3 is 5.97 Å². The van der Waals surface area contributed by atoms with Gasteiger partial charge in [0, 0.05) is 19.1 Å². The minimum absolute atomic E-state index is 0.160. The van der Waals surface area contributed by atoms with Gasteiger partial charge in [-0.15, -0.1) is 11.8 Å². The number of thioether (sulfide) groups is 2. The number of nitrogens with one attached hydrogen (secondary N) is 2. The first-order chi connectivity index (χ1) is 26.9. The van der Waals surface area contributed by atoms with Gasteiger partial charge in [-0.3, -0.25) is 9.69 Å². The summed E-state index contributed by atoms with van der Waals surface area (Å²) in [6.07, 6.45) is 4.51. The number of carbonyl (C=O) groups is 2. The van der Waals surface area contributed by atoms with Crippen molar-refractivity contribution in [3.63, 3.8) is 0 Å². The van der Waals surface area contributed by atoms with E-state index in [4.69, 9.17) is 4.74 Å². The van der Waals surface area contributed by atoms with E-state index in [0.29, 0.717) is 25.4 Å². The Bertz CT molecular complexity index is 1790. The third kappa shape index (κ3) is 11.5. The first kappa shape index (κ1) is 42.1. The first-order valence-corrected chi connectivity index (χ1v) is 21.9. The number of benzene rings is 5. The van der Waals surface area contributed by atoms with Gasteiger partial charge in [-0.1, -0.05) is 154 Å². The molecule has 0 saturated heterocycles. The number of amides is 1. The first-order valence-electron chi connectivity index (χ1n) is 19.5. The Morgan fingerprint density at radius 3 is 1.95 bits per heavy atom. The van der Waals surface area contributed by atoms with Gasteiger partial charge in [-0.05, 0) is 76.1 Å². The van der Waals surface area contributed by atoms with E-state index < -0.39 is 12.0 Å². The smallest absolute Gasteiger partial charge is 0.328 e. The maximum absolute atomic E-state index is 13.7. The molecule has 3 atom stereocenters. The van der Waals surface area contributed by atoms with E-state index in [9.17, 15) is 9.59 Å².